The number of carboxylic acid groups (broad SMARTS) is 1. The minimum Gasteiger partial charge on any atom is -0.478 e. The van der Waals surface area contributed by atoms with Crippen molar-refractivity contribution < 1.29 is 9.90 Å². The van der Waals surface area contributed by atoms with Gasteiger partial charge in [-0.3, -0.25) is 4.98 Å². The van der Waals surface area contributed by atoms with Crippen LogP contribution >= 0.6 is 0 Å². The molecule has 0 saturated heterocycles. The van der Waals surface area contributed by atoms with Crippen molar-refractivity contribution in [1.29, 1.82) is 0 Å². The highest BCUT2D eigenvalue weighted by Crippen LogP contribution is 2.20. The Bertz CT molecular complexity index is 375. The van der Waals surface area contributed by atoms with Gasteiger partial charge in [-0.2, -0.15) is 0 Å². The highest BCUT2D eigenvalue weighted by molar-refractivity contribution is 5.94. The summed E-state index contributed by atoms with van der Waals surface area (Å²) in [6.07, 6.45) is 1.61. The predicted octanol–water partition coefficient (Wildman–Crippen LogP) is 1.93. The predicted molar refractivity (Wildman–Crippen MR) is 59.5 cm³/mol. The maximum absolute atomic E-state index is 11.0. The van der Waals surface area contributed by atoms with E-state index in [2.05, 4.69) is 4.98 Å². The summed E-state index contributed by atoms with van der Waals surface area (Å²) in [5.41, 5.74) is 1.68. The number of carboxylic acids is 1. The van der Waals surface area contributed by atoms with Crippen LogP contribution in [0.2, 0.25) is 0 Å². The highest BCUT2D eigenvalue weighted by Gasteiger charge is 2.15. The Morgan fingerprint density at radius 3 is 2.60 bits per heavy atom. The smallest absolute Gasteiger partial charge is 0.337 e. The molecule has 1 N–H and O–H groups in total. The Morgan fingerprint density at radius 2 is 2.13 bits per heavy atom. The lowest BCUT2D eigenvalue weighted by Crippen LogP contribution is -2.27. The molecule has 4 nitrogen and oxygen atoms in total. The van der Waals surface area contributed by atoms with Crippen LogP contribution < -0.4 is 4.90 Å². The Labute approximate surface area is 89.6 Å². The SMILES string of the molecule is Cc1cc(C(=O)O)c(N(C)C(C)C)cn1. The van der Waals surface area contributed by atoms with E-state index < -0.39 is 5.97 Å². The van der Waals surface area contributed by atoms with E-state index in [-0.39, 0.29) is 6.04 Å². The van der Waals surface area contributed by atoms with Crippen molar-refractivity contribution in [2.45, 2.75) is 26.8 Å². The van der Waals surface area contributed by atoms with Crippen LogP contribution in [-0.4, -0.2) is 29.1 Å². The van der Waals surface area contributed by atoms with Crippen LogP contribution in [0.5, 0.6) is 0 Å². The van der Waals surface area contributed by atoms with Crippen molar-refractivity contribution >= 4 is 11.7 Å². The zero-order chi connectivity index (χ0) is 11.6. The number of rotatable bonds is 3. The van der Waals surface area contributed by atoms with Gasteiger partial charge >= 0.3 is 5.97 Å². The Balaban J connectivity index is 3.22. The van der Waals surface area contributed by atoms with Gasteiger partial charge in [-0.25, -0.2) is 4.79 Å². The average molecular weight is 208 g/mol. The van der Waals surface area contributed by atoms with Gasteiger partial charge in [0.1, 0.15) is 0 Å². The molecule has 0 atom stereocenters. The summed E-state index contributed by atoms with van der Waals surface area (Å²) in [5.74, 6) is -0.914. The topological polar surface area (TPSA) is 53.4 Å². The minimum absolute atomic E-state index is 0.243. The zero-order valence-electron chi connectivity index (χ0n) is 9.48. The molecular formula is C11H16N2O2. The summed E-state index contributed by atoms with van der Waals surface area (Å²) in [5, 5.41) is 9.07. The third-order valence-corrected chi connectivity index (χ3v) is 2.40. The Morgan fingerprint density at radius 1 is 1.53 bits per heavy atom. The highest BCUT2D eigenvalue weighted by atomic mass is 16.4. The van der Waals surface area contributed by atoms with Gasteiger partial charge in [0.25, 0.3) is 0 Å². The Kier molecular flexibility index (Phi) is 3.29. The minimum atomic E-state index is -0.914. The second kappa shape index (κ2) is 4.29. The number of aromatic nitrogens is 1. The van der Waals surface area contributed by atoms with E-state index in [0.29, 0.717) is 16.9 Å². The first-order chi connectivity index (χ1) is 6.93. The molecular weight excluding hydrogens is 192 g/mol. The molecule has 1 heterocycles. The number of hydrogen-bond acceptors (Lipinski definition) is 3. The van der Waals surface area contributed by atoms with Crippen molar-refractivity contribution in [2.75, 3.05) is 11.9 Å². The molecule has 0 saturated carbocycles. The van der Waals surface area contributed by atoms with Crippen LogP contribution in [0.3, 0.4) is 0 Å². The summed E-state index contributed by atoms with van der Waals surface area (Å²) in [6, 6.07) is 1.84. The largest absolute Gasteiger partial charge is 0.478 e. The maximum Gasteiger partial charge on any atom is 0.337 e. The molecule has 0 fully saturated rings. The molecule has 1 aromatic rings. The maximum atomic E-state index is 11.0. The van der Waals surface area contributed by atoms with E-state index in [1.54, 1.807) is 19.2 Å². The number of aryl methyl sites for hydroxylation is 1. The van der Waals surface area contributed by atoms with Crippen LogP contribution in [0.25, 0.3) is 0 Å². The summed E-state index contributed by atoms with van der Waals surface area (Å²) >= 11 is 0. The number of nitrogens with zero attached hydrogens (tertiary/aromatic N) is 2. The lowest BCUT2D eigenvalue weighted by atomic mass is 10.1. The van der Waals surface area contributed by atoms with Crippen molar-refractivity contribution in [3.05, 3.63) is 23.5 Å². The van der Waals surface area contributed by atoms with Crippen LogP contribution in [-0.2, 0) is 0 Å². The van der Waals surface area contributed by atoms with Gasteiger partial charge in [-0.05, 0) is 26.8 Å². The van der Waals surface area contributed by atoms with Crippen LogP contribution in [0, 0.1) is 6.92 Å². The standard InChI is InChI=1S/C11H16N2O2/c1-7(2)13(4)10-6-12-8(3)5-9(10)11(14)15/h5-7H,1-4H3,(H,14,15). The van der Waals surface area contributed by atoms with Gasteiger partial charge in [0.15, 0.2) is 0 Å². The van der Waals surface area contributed by atoms with E-state index >= 15 is 0 Å². The van der Waals surface area contributed by atoms with Crippen LogP contribution in [0.1, 0.15) is 29.9 Å². The van der Waals surface area contributed by atoms with E-state index in [0.717, 1.165) is 0 Å². The van der Waals surface area contributed by atoms with Gasteiger partial charge < -0.3 is 10.0 Å². The monoisotopic (exact) mass is 208 g/mol. The van der Waals surface area contributed by atoms with E-state index in [9.17, 15) is 4.79 Å². The van der Waals surface area contributed by atoms with Crippen molar-refractivity contribution in [2.24, 2.45) is 0 Å². The molecule has 0 aliphatic carbocycles. The molecule has 0 bridgehead atoms. The first kappa shape index (κ1) is 11.5. The number of anilines is 1. The fraction of sp³-hybridized carbons (Fsp3) is 0.455. The number of pyridine rings is 1. The van der Waals surface area contributed by atoms with Gasteiger partial charge in [0, 0.05) is 18.8 Å². The van der Waals surface area contributed by atoms with E-state index in [1.807, 2.05) is 25.8 Å². The summed E-state index contributed by atoms with van der Waals surface area (Å²) in [7, 11) is 1.86. The third kappa shape index (κ3) is 2.46. The molecule has 0 aromatic carbocycles. The molecule has 0 spiro atoms. The van der Waals surface area contributed by atoms with Crippen molar-refractivity contribution in [3.63, 3.8) is 0 Å². The van der Waals surface area contributed by atoms with E-state index in [4.69, 9.17) is 5.11 Å². The molecule has 0 unspecified atom stereocenters. The van der Waals surface area contributed by atoms with Gasteiger partial charge in [-0.15, -0.1) is 0 Å². The summed E-state index contributed by atoms with van der Waals surface area (Å²) in [6.45, 7) is 5.79. The Hall–Kier alpha value is -1.58. The first-order valence-electron chi connectivity index (χ1n) is 4.86. The molecule has 0 aliphatic heterocycles. The number of hydrogen-bond donors (Lipinski definition) is 1. The number of aromatic carboxylic acids is 1. The third-order valence-electron chi connectivity index (χ3n) is 2.40. The molecule has 0 amide bonds. The molecule has 0 radical (unpaired) electrons. The van der Waals surface area contributed by atoms with Crippen molar-refractivity contribution in [1.82, 2.24) is 4.98 Å². The molecule has 4 heteroatoms. The molecule has 1 rings (SSSR count). The molecule has 15 heavy (non-hydrogen) atoms. The van der Waals surface area contributed by atoms with Gasteiger partial charge in [0.2, 0.25) is 0 Å². The van der Waals surface area contributed by atoms with Gasteiger partial charge in [-0.1, -0.05) is 0 Å². The second-order valence-corrected chi connectivity index (χ2v) is 3.85. The lowest BCUT2D eigenvalue weighted by Gasteiger charge is -2.24. The second-order valence-electron chi connectivity index (χ2n) is 3.85. The van der Waals surface area contributed by atoms with Crippen molar-refractivity contribution in [3.8, 4) is 0 Å². The first-order valence-corrected chi connectivity index (χ1v) is 4.86. The van der Waals surface area contributed by atoms with E-state index in [1.165, 1.54) is 0 Å². The van der Waals surface area contributed by atoms with Crippen LogP contribution in [0.15, 0.2) is 12.3 Å². The zero-order valence-corrected chi connectivity index (χ0v) is 9.48. The lowest BCUT2D eigenvalue weighted by molar-refractivity contribution is 0.0697. The quantitative estimate of drug-likeness (QED) is 0.824. The number of carbonyl (C=O) groups is 1. The summed E-state index contributed by atoms with van der Waals surface area (Å²) < 4.78 is 0. The molecule has 0 aliphatic rings. The van der Waals surface area contributed by atoms with Crippen LogP contribution in [0.4, 0.5) is 5.69 Å². The summed E-state index contributed by atoms with van der Waals surface area (Å²) in [4.78, 5) is 17.1. The average Bonchev–Trinajstić information content (AvgIpc) is 2.16. The molecule has 1 aromatic heterocycles. The fourth-order valence-corrected chi connectivity index (χ4v) is 1.28. The van der Waals surface area contributed by atoms with Gasteiger partial charge in [0.05, 0.1) is 17.4 Å². The normalized spacial score (nSPS) is 10.5. The molecule has 82 valence electrons. The fourth-order valence-electron chi connectivity index (χ4n) is 1.28.